The summed E-state index contributed by atoms with van der Waals surface area (Å²) in [6.45, 7) is 11.2. The van der Waals surface area contributed by atoms with Gasteiger partial charge in [-0.25, -0.2) is 12.7 Å². The Morgan fingerprint density at radius 2 is 1.61 bits per heavy atom. The Bertz CT molecular complexity index is 667. The number of amides is 1. The number of nitrogens with zero attached hydrogens (tertiary/aromatic N) is 4. The summed E-state index contributed by atoms with van der Waals surface area (Å²) in [5, 5.41) is 4.26. The average molecular weight is 344 g/mol. The van der Waals surface area contributed by atoms with Crippen LogP contribution in [0.15, 0.2) is 4.90 Å². The molecule has 1 rings (SSSR count). The molecule has 1 amide bonds. The summed E-state index contributed by atoms with van der Waals surface area (Å²) in [5.74, 6) is -0.0746. The Morgan fingerprint density at radius 3 is 2.00 bits per heavy atom. The number of hydrogen-bond acceptors (Lipinski definition) is 4. The molecule has 0 spiro atoms. The van der Waals surface area contributed by atoms with Crippen molar-refractivity contribution in [2.75, 3.05) is 14.1 Å². The first-order chi connectivity index (χ1) is 10.4. The highest BCUT2D eigenvalue weighted by Crippen LogP contribution is 2.22. The summed E-state index contributed by atoms with van der Waals surface area (Å²) in [5.41, 5.74) is 0.890. The van der Waals surface area contributed by atoms with Crippen LogP contribution in [0.5, 0.6) is 0 Å². The van der Waals surface area contributed by atoms with Crippen molar-refractivity contribution in [1.82, 2.24) is 19.0 Å². The Labute approximate surface area is 139 Å². The van der Waals surface area contributed by atoms with Crippen LogP contribution in [0.1, 0.15) is 39.1 Å². The van der Waals surface area contributed by atoms with Gasteiger partial charge >= 0.3 is 0 Å². The predicted molar refractivity (Wildman–Crippen MR) is 89.7 cm³/mol. The van der Waals surface area contributed by atoms with E-state index in [1.165, 1.54) is 18.8 Å². The van der Waals surface area contributed by atoms with Crippen LogP contribution in [0.4, 0.5) is 0 Å². The van der Waals surface area contributed by atoms with Gasteiger partial charge in [-0.05, 0) is 41.5 Å². The van der Waals surface area contributed by atoms with Gasteiger partial charge in [0.15, 0.2) is 0 Å². The molecule has 0 unspecified atom stereocenters. The predicted octanol–water partition coefficient (Wildman–Crippen LogP) is 1.40. The summed E-state index contributed by atoms with van der Waals surface area (Å²) >= 11 is 0. The standard InChI is InChI=1S/C15H28N4O3S/c1-10(2)19(11(3)4)14(20)9-18-13(6)15(12(5)16-18)23(21,22)17(7)8/h10-11H,9H2,1-8H3. The Morgan fingerprint density at radius 1 is 1.13 bits per heavy atom. The molecule has 0 aliphatic rings. The molecule has 0 saturated carbocycles. The van der Waals surface area contributed by atoms with Crippen molar-refractivity contribution >= 4 is 15.9 Å². The van der Waals surface area contributed by atoms with Gasteiger partial charge < -0.3 is 4.90 Å². The van der Waals surface area contributed by atoms with E-state index in [1.54, 1.807) is 18.7 Å². The topological polar surface area (TPSA) is 75.5 Å². The fraction of sp³-hybridized carbons (Fsp3) is 0.733. The molecule has 8 heteroatoms. The number of carbonyl (C=O) groups excluding carboxylic acids is 1. The second-order valence-corrected chi connectivity index (χ2v) is 8.52. The first-order valence-corrected chi connectivity index (χ1v) is 9.13. The Hall–Kier alpha value is -1.41. The third-order valence-corrected chi connectivity index (χ3v) is 5.81. The van der Waals surface area contributed by atoms with Gasteiger partial charge in [-0.1, -0.05) is 0 Å². The van der Waals surface area contributed by atoms with E-state index in [9.17, 15) is 13.2 Å². The van der Waals surface area contributed by atoms with Gasteiger partial charge in [0.1, 0.15) is 11.4 Å². The highest BCUT2D eigenvalue weighted by Gasteiger charge is 2.28. The van der Waals surface area contributed by atoms with Gasteiger partial charge in [-0.2, -0.15) is 5.10 Å². The van der Waals surface area contributed by atoms with Gasteiger partial charge in [-0.3, -0.25) is 9.48 Å². The smallest absolute Gasteiger partial charge is 0.246 e. The molecule has 1 heterocycles. The molecular weight excluding hydrogens is 316 g/mol. The SMILES string of the molecule is Cc1nn(CC(=O)N(C(C)C)C(C)C)c(C)c1S(=O)(=O)N(C)C. The minimum Gasteiger partial charge on any atom is -0.336 e. The molecule has 1 aromatic rings. The third-order valence-electron chi connectivity index (χ3n) is 3.74. The maximum absolute atomic E-state index is 12.6. The largest absolute Gasteiger partial charge is 0.336 e. The van der Waals surface area contributed by atoms with Crippen LogP contribution in [-0.4, -0.2) is 59.5 Å². The summed E-state index contributed by atoms with van der Waals surface area (Å²) in [4.78, 5) is 14.5. The van der Waals surface area contributed by atoms with Crippen LogP contribution in [0, 0.1) is 13.8 Å². The zero-order valence-corrected chi connectivity index (χ0v) is 16.1. The number of hydrogen-bond donors (Lipinski definition) is 0. The van der Waals surface area contributed by atoms with Crippen LogP contribution in [-0.2, 0) is 21.4 Å². The van der Waals surface area contributed by atoms with Crippen molar-refractivity contribution in [2.24, 2.45) is 0 Å². The van der Waals surface area contributed by atoms with Crippen molar-refractivity contribution in [3.05, 3.63) is 11.4 Å². The lowest BCUT2D eigenvalue weighted by Crippen LogP contribution is -2.44. The van der Waals surface area contributed by atoms with Gasteiger partial charge in [0.05, 0.1) is 11.4 Å². The fourth-order valence-corrected chi connectivity index (χ4v) is 4.03. The van der Waals surface area contributed by atoms with Crippen LogP contribution in [0.25, 0.3) is 0 Å². The lowest BCUT2D eigenvalue weighted by molar-refractivity contribution is -0.135. The molecule has 7 nitrogen and oxygen atoms in total. The van der Waals surface area contributed by atoms with E-state index in [0.29, 0.717) is 11.4 Å². The normalized spacial score (nSPS) is 12.5. The Balaban J connectivity index is 3.21. The van der Waals surface area contributed by atoms with Crippen molar-refractivity contribution in [3.8, 4) is 0 Å². The number of aryl methyl sites for hydroxylation is 1. The van der Waals surface area contributed by atoms with Gasteiger partial charge in [-0.15, -0.1) is 0 Å². The molecule has 0 atom stereocenters. The molecule has 0 aliphatic heterocycles. The first-order valence-electron chi connectivity index (χ1n) is 7.68. The van der Waals surface area contributed by atoms with E-state index in [2.05, 4.69) is 5.10 Å². The number of rotatable bonds is 6. The second-order valence-electron chi connectivity index (χ2n) is 6.43. The quantitative estimate of drug-likeness (QED) is 0.782. The second kappa shape index (κ2) is 7.00. The first kappa shape index (κ1) is 19.6. The highest BCUT2D eigenvalue weighted by atomic mass is 32.2. The molecule has 132 valence electrons. The van der Waals surface area contributed by atoms with E-state index in [1.807, 2.05) is 27.7 Å². The third kappa shape index (κ3) is 3.92. The van der Waals surface area contributed by atoms with E-state index in [0.717, 1.165) is 4.31 Å². The monoisotopic (exact) mass is 344 g/mol. The molecular formula is C15H28N4O3S. The van der Waals surface area contributed by atoms with Crippen LogP contribution in [0.2, 0.25) is 0 Å². The van der Waals surface area contributed by atoms with E-state index in [-0.39, 0.29) is 29.4 Å². The zero-order valence-electron chi connectivity index (χ0n) is 15.3. The maximum atomic E-state index is 12.6. The molecule has 0 fully saturated rings. The van der Waals surface area contributed by atoms with Gasteiger partial charge in [0, 0.05) is 26.2 Å². The van der Waals surface area contributed by atoms with E-state index in [4.69, 9.17) is 0 Å². The van der Waals surface area contributed by atoms with Crippen molar-refractivity contribution < 1.29 is 13.2 Å². The van der Waals surface area contributed by atoms with Crippen molar-refractivity contribution in [3.63, 3.8) is 0 Å². The number of sulfonamides is 1. The molecule has 1 aromatic heterocycles. The fourth-order valence-electron chi connectivity index (χ4n) is 2.77. The van der Waals surface area contributed by atoms with Crippen LogP contribution >= 0.6 is 0 Å². The number of aromatic nitrogens is 2. The van der Waals surface area contributed by atoms with Crippen molar-refractivity contribution in [2.45, 2.75) is 65.1 Å². The highest BCUT2D eigenvalue weighted by molar-refractivity contribution is 7.89. The minimum absolute atomic E-state index is 0.0337. The molecule has 0 N–H and O–H groups in total. The molecule has 0 radical (unpaired) electrons. The summed E-state index contributed by atoms with van der Waals surface area (Å²) in [6, 6.07) is 0.147. The summed E-state index contributed by atoms with van der Waals surface area (Å²) in [7, 11) is -0.617. The summed E-state index contributed by atoms with van der Waals surface area (Å²) in [6.07, 6.45) is 0. The molecule has 23 heavy (non-hydrogen) atoms. The summed E-state index contributed by atoms with van der Waals surface area (Å²) < 4.78 is 27.4. The average Bonchev–Trinajstić information content (AvgIpc) is 2.63. The lowest BCUT2D eigenvalue weighted by atomic mass is 10.2. The lowest BCUT2D eigenvalue weighted by Gasteiger charge is -2.30. The van der Waals surface area contributed by atoms with E-state index < -0.39 is 10.0 Å². The molecule has 0 bridgehead atoms. The van der Waals surface area contributed by atoms with Crippen LogP contribution < -0.4 is 0 Å². The minimum atomic E-state index is -3.58. The zero-order chi connectivity index (χ0) is 18.1. The maximum Gasteiger partial charge on any atom is 0.246 e. The van der Waals surface area contributed by atoms with Crippen molar-refractivity contribution in [1.29, 1.82) is 0 Å². The van der Waals surface area contributed by atoms with E-state index >= 15 is 0 Å². The number of carbonyl (C=O) groups is 1. The Kier molecular flexibility index (Phi) is 5.98. The van der Waals surface area contributed by atoms with Gasteiger partial charge in [0.25, 0.3) is 0 Å². The van der Waals surface area contributed by atoms with Gasteiger partial charge in [0.2, 0.25) is 15.9 Å². The molecule has 0 saturated heterocycles. The molecule has 0 aliphatic carbocycles. The molecule has 0 aromatic carbocycles. The van der Waals surface area contributed by atoms with Crippen LogP contribution in [0.3, 0.4) is 0 Å².